The fourth-order valence-electron chi connectivity index (χ4n) is 1.61. The number of unbranched alkanes of at least 4 members (excludes halogenated alkanes) is 1. The number of hydrogen-bond acceptors (Lipinski definition) is 3. The molecule has 0 saturated carbocycles. The molecule has 1 amide bonds. The van der Waals surface area contributed by atoms with Crippen LogP contribution in [0.4, 0.5) is 0 Å². The van der Waals surface area contributed by atoms with Crippen molar-refractivity contribution in [3.63, 3.8) is 0 Å². The van der Waals surface area contributed by atoms with Crippen LogP contribution >= 0.6 is 0 Å². The first-order valence-electron chi connectivity index (χ1n) is 5.95. The first-order valence-corrected chi connectivity index (χ1v) is 5.95. The minimum atomic E-state index is -0.0584. The predicted molar refractivity (Wildman–Crippen MR) is 70.8 cm³/mol. The second-order valence-electron chi connectivity index (χ2n) is 4.12. The molecule has 0 radical (unpaired) electrons. The molecule has 0 spiro atoms. The van der Waals surface area contributed by atoms with Crippen LogP contribution in [0, 0.1) is 6.92 Å². The van der Waals surface area contributed by atoms with E-state index in [4.69, 9.17) is 10.9 Å². The maximum absolute atomic E-state index is 11.8. The number of carbonyl (C=O) groups is 1. The number of nitrogens with two attached hydrogens (primary N) is 1. The van der Waals surface area contributed by atoms with E-state index in [9.17, 15) is 4.79 Å². The van der Waals surface area contributed by atoms with E-state index in [1.165, 1.54) is 0 Å². The molecule has 18 heavy (non-hydrogen) atoms. The number of oxime groups is 1. The molecule has 1 aromatic carbocycles. The highest BCUT2D eigenvalue weighted by Gasteiger charge is 2.06. The summed E-state index contributed by atoms with van der Waals surface area (Å²) in [5.74, 6) is 0.164. The third-order valence-corrected chi connectivity index (χ3v) is 2.66. The molecule has 0 aliphatic rings. The molecule has 0 aromatic heterocycles. The molecule has 0 aliphatic carbocycles. The Labute approximate surface area is 107 Å². The quantitative estimate of drug-likeness (QED) is 0.235. The van der Waals surface area contributed by atoms with Crippen LogP contribution in [0.15, 0.2) is 29.4 Å². The van der Waals surface area contributed by atoms with Crippen LogP contribution in [-0.4, -0.2) is 23.5 Å². The number of rotatable bonds is 6. The molecule has 0 unspecified atom stereocenters. The van der Waals surface area contributed by atoms with Crippen molar-refractivity contribution >= 4 is 11.7 Å². The van der Waals surface area contributed by atoms with Crippen LogP contribution in [0.1, 0.15) is 35.2 Å². The van der Waals surface area contributed by atoms with Crippen molar-refractivity contribution in [2.45, 2.75) is 26.2 Å². The molecular weight excluding hydrogens is 230 g/mol. The minimum absolute atomic E-state index is 0.0584. The van der Waals surface area contributed by atoms with Crippen LogP contribution in [0.2, 0.25) is 0 Å². The number of aryl methyl sites for hydroxylation is 1. The van der Waals surface area contributed by atoms with Crippen molar-refractivity contribution in [1.29, 1.82) is 0 Å². The summed E-state index contributed by atoms with van der Waals surface area (Å²) in [7, 11) is 0. The lowest BCUT2D eigenvalue weighted by Gasteiger charge is -2.07. The number of carbonyl (C=O) groups excluding carboxylic acids is 1. The highest BCUT2D eigenvalue weighted by molar-refractivity contribution is 5.95. The van der Waals surface area contributed by atoms with Gasteiger partial charge >= 0.3 is 0 Å². The van der Waals surface area contributed by atoms with E-state index in [1.807, 2.05) is 25.1 Å². The van der Waals surface area contributed by atoms with Gasteiger partial charge in [-0.1, -0.05) is 23.4 Å². The Kier molecular flexibility index (Phi) is 5.70. The van der Waals surface area contributed by atoms with E-state index in [-0.39, 0.29) is 11.7 Å². The Morgan fingerprint density at radius 3 is 2.78 bits per heavy atom. The molecule has 4 N–H and O–H groups in total. The van der Waals surface area contributed by atoms with Gasteiger partial charge in [-0.2, -0.15) is 0 Å². The Balaban J connectivity index is 2.28. The van der Waals surface area contributed by atoms with Crippen LogP contribution in [-0.2, 0) is 0 Å². The molecular formula is C13H19N3O2. The predicted octanol–water partition coefficient (Wildman–Crippen LogP) is 1.64. The monoisotopic (exact) mass is 249 g/mol. The van der Waals surface area contributed by atoms with Gasteiger partial charge < -0.3 is 16.3 Å². The van der Waals surface area contributed by atoms with E-state index in [0.717, 1.165) is 18.4 Å². The van der Waals surface area contributed by atoms with Gasteiger partial charge in [0.15, 0.2) is 0 Å². The Morgan fingerprint density at radius 1 is 1.39 bits per heavy atom. The zero-order chi connectivity index (χ0) is 13.4. The molecule has 1 rings (SSSR count). The summed E-state index contributed by atoms with van der Waals surface area (Å²) in [6, 6.07) is 7.47. The molecule has 0 bridgehead atoms. The lowest BCUT2D eigenvalue weighted by atomic mass is 10.1. The molecule has 1 aromatic rings. The van der Waals surface area contributed by atoms with E-state index in [0.29, 0.717) is 18.5 Å². The van der Waals surface area contributed by atoms with Crippen molar-refractivity contribution in [3.05, 3.63) is 35.4 Å². The summed E-state index contributed by atoms with van der Waals surface area (Å²) in [4.78, 5) is 11.8. The normalized spacial score (nSPS) is 11.3. The van der Waals surface area contributed by atoms with Crippen LogP contribution in [0.25, 0.3) is 0 Å². The average Bonchev–Trinajstić information content (AvgIpc) is 2.38. The number of amides is 1. The molecule has 5 heteroatoms. The first-order chi connectivity index (χ1) is 8.65. The summed E-state index contributed by atoms with van der Waals surface area (Å²) >= 11 is 0. The number of nitrogens with zero attached hydrogens (tertiary/aromatic N) is 1. The maximum atomic E-state index is 11.8. The Hall–Kier alpha value is -2.04. The highest BCUT2D eigenvalue weighted by atomic mass is 16.4. The van der Waals surface area contributed by atoms with Crippen molar-refractivity contribution in [2.24, 2.45) is 10.9 Å². The molecule has 0 atom stereocenters. The molecule has 0 fully saturated rings. The van der Waals surface area contributed by atoms with Gasteiger partial charge in [0.05, 0.1) is 0 Å². The standard InChI is InChI=1S/C13H19N3O2/c1-10-6-2-3-7-11(10)13(17)15-9-5-4-8-12(14)16-18/h2-3,6-7,18H,4-5,8-9H2,1H3,(H2,14,16)(H,15,17). The van der Waals surface area contributed by atoms with Crippen LogP contribution in [0.3, 0.4) is 0 Å². The number of hydrogen-bond donors (Lipinski definition) is 3. The number of nitrogens with one attached hydrogen (secondary N) is 1. The highest BCUT2D eigenvalue weighted by Crippen LogP contribution is 2.06. The second-order valence-corrected chi connectivity index (χ2v) is 4.12. The van der Waals surface area contributed by atoms with E-state index < -0.39 is 0 Å². The summed E-state index contributed by atoms with van der Waals surface area (Å²) in [5, 5.41) is 14.1. The summed E-state index contributed by atoms with van der Waals surface area (Å²) in [6.45, 7) is 2.50. The van der Waals surface area contributed by atoms with Crippen LogP contribution < -0.4 is 11.1 Å². The average molecular weight is 249 g/mol. The fourth-order valence-corrected chi connectivity index (χ4v) is 1.61. The lowest BCUT2D eigenvalue weighted by molar-refractivity contribution is 0.0952. The van der Waals surface area contributed by atoms with Gasteiger partial charge in [0, 0.05) is 18.5 Å². The molecule has 0 aliphatic heterocycles. The second kappa shape index (κ2) is 7.32. The maximum Gasteiger partial charge on any atom is 0.251 e. The number of amidine groups is 1. The zero-order valence-corrected chi connectivity index (χ0v) is 10.5. The lowest BCUT2D eigenvalue weighted by Crippen LogP contribution is -2.25. The molecule has 5 nitrogen and oxygen atoms in total. The van der Waals surface area contributed by atoms with Gasteiger partial charge in [-0.05, 0) is 31.4 Å². The molecule has 0 saturated heterocycles. The van der Waals surface area contributed by atoms with Gasteiger partial charge in [-0.25, -0.2) is 0 Å². The van der Waals surface area contributed by atoms with Crippen LogP contribution in [0.5, 0.6) is 0 Å². The number of benzene rings is 1. The van der Waals surface area contributed by atoms with Gasteiger partial charge in [0.2, 0.25) is 0 Å². The fraction of sp³-hybridized carbons (Fsp3) is 0.385. The molecule has 0 heterocycles. The topological polar surface area (TPSA) is 87.7 Å². The third-order valence-electron chi connectivity index (χ3n) is 2.66. The SMILES string of the molecule is Cc1ccccc1C(=O)NCCCCC(N)=NO. The zero-order valence-electron chi connectivity index (χ0n) is 10.5. The summed E-state index contributed by atoms with van der Waals surface area (Å²) in [5.41, 5.74) is 7.01. The first kappa shape index (κ1) is 14.0. The van der Waals surface area contributed by atoms with Gasteiger partial charge in [-0.3, -0.25) is 4.79 Å². The minimum Gasteiger partial charge on any atom is -0.409 e. The van der Waals surface area contributed by atoms with Crippen molar-refractivity contribution < 1.29 is 10.0 Å². The largest absolute Gasteiger partial charge is 0.409 e. The van der Waals surface area contributed by atoms with E-state index in [1.54, 1.807) is 6.07 Å². The third kappa shape index (κ3) is 4.45. The Bertz CT molecular complexity index is 430. The van der Waals surface area contributed by atoms with Gasteiger partial charge in [-0.15, -0.1) is 0 Å². The summed E-state index contributed by atoms with van der Waals surface area (Å²) in [6.07, 6.45) is 2.12. The van der Waals surface area contributed by atoms with Crippen molar-refractivity contribution in [1.82, 2.24) is 5.32 Å². The molecule has 98 valence electrons. The van der Waals surface area contributed by atoms with E-state index in [2.05, 4.69) is 10.5 Å². The van der Waals surface area contributed by atoms with Crippen molar-refractivity contribution in [2.75, 3.05) is 6.54 Å². The Morgan fingerprint density at radius 2 is 2.11 bits per heavy atom. The van der Waals surface area contributed by atoms with Crippen molar-refractivity contribution in [3.8, 4) is 0 Å². The smallest absolute Gasteiger partial charge is 0.251 e. The van der Waals surface area contributed by atoms with E-state index >= 15 is 0 Å². The van der Waals surface area contributed by atoms with Gasteiger partial charge in [0.1, 0.15) is 5.84 Å². The van der Waals surface area contributed by atoms with Gasteiger partial charge in [0.25, 0.3) is 5.91 Å². The summed E-state index contributed by atoms with van der Waals surface area (Å²) < 4.78 is 0.